The van der Waals surface area contributed by atoms with Crippen molar-refractivity contribution < 1.29 is 0 Å². The molecule has 0 spiro atoms. The van der Waals surface area contributed by atoms with Crippen LogP contribution in [0.15, 0.2) is 0 Å². The van der Waals surface area contributed by atoms with Crippen molar-refractivity contribution in [2.45, 2.75) is 47.1 Å². The van der Waals surface area contributed by atoms with Crippen molar-refractivity contribution in [1.82, 2.24) is 4.98 Å². The van der Waals surface area contributed by atoms with Gasteiger partial charge in [-0.1, -0.05) is 34.1 Å². The number of anilines is 1. The first kappa shape index (κ1) is 14.5. The summed E-state index contributed by atoms with van der Waals surface area (Å²) >= 11 is 1.74. The van der Waals surface area contributed by atoms with Crippen LogP contribution in [0, 0.1) is 5.41 Å². The SMILES string of the molecule is CCCc1nc(N(C)CC(C)(C)C)sc1CN. The van der Waals surface area contributed by atoms with Crippen molar-refractivity contribution in [1.29, 1.82) is 0 Å². The third-order valence-electron chi connectivity index (χ3n) is 2.48. The van der Waals surface area contributed by atoms with E-state index < -0.39 is 0 Å². The monoisotopic (exact) mass is 255 g/mol. The van der Waals surface area contributed by atoms with Gasteiger partial charge in [-0.05, 0) is 11.8 Å². The van der Waals surface area contributed by atoms with E-state index in [1.54, 1.807) is 11.3 Å². The van der Waals surface area contributed by atoms with Crippen LogP contribution in [-0.2, 0) is 13.0 Å². The van der Waals surface area contributed by atoms with E-state index in [4.69, 9.17) is 10.7 Å². The maximum atomic E-state index is 5.77. The molecular weight excluding hydrogens is 230 g/mol. The number of rotatable bonds is 5. The van der Waals surface area contributed by atoms with Crippen molar-refractivity contribution in [3.63, 3.8) is 0 Å². The Morgan fingerprint density at radius 1 is 1.35 bits per heavy atom. The average molecular weight is 255 g/mol. The summed E-state index contributed by atoms with van der Waals surface area (Å²) in [4.78, 5) is 8.20. The van der Waals surface area contributed by atoms with Gasteiger partial charge in [0, 0.05) is 25.0 Å². The fourth-order valence-electron chi connectivity index (χ4n) is 1.90. The molecule has 0 bridgehead atoms. The van der Waals surface area contributed by atoms with E-state index in [9.17, 15) is 0 Å². The maximum absolute atomic E-state index is 5.77. The zero-order valence-electron chi connectivity index (χ0n) is 11.7. The van der Waals surface area contributed by atoms with Gasteiger partial charge in [-0.2, -0.15) is 0 Å². The van der Waals surface area contributed by atoms with Crippen molar-refractivity contribution >= 4 is 16.5 Å². The lowest BCUT2D eigenvalue weighted by Gasteiger charge is -2.26. The lowest BCUT2D eigenvalue weighted by Crippen LogP contribution is -2.28. The standard InChI is InChI=1S/C13H25N3S/c1-6-7-10-11(8-14)17-12(15-10)16(5)9-13(2,3)4/h6-9,14H2,1-5H3. The van der Waals surface area contributed by atoms with Gasteiger partial charge in [0.15, 0.2) is 5.13 Å². The van der Waals surface area contributed by atoms with Crippen LogP contribution < -0.4 is 10.6 Å². The van der Waals surface area contributed by atoms with Crippen molar-refractivity contribution in [3.8, 4) is 0 Å². The third-order valence-corrected chi connectivity index (χ3v) is 3.71. The number of hydrogen-bond acceptors (Lipinski definition) is 4. The molecule has 1 aromatic heterocycles. The first-order valence-corrected chi connectivity index (χ1v) is 7.09. The number of aromatic nitrogens is 1. The number of hydrogen-bond donors (Lipinski definition) is 1. The Balaban J connectivity index is 2.83. The highest BCUT2D eigenvalue weighted by atomic mass is 32.1. The second kappa shape index (κ2) is 5.83. The quantitative estimate of drug-likeness (QED) is 0.879. The number of thiazole rings is 1. The highest BCUT2D eigenvalue weighted by Crippen LogP contribution is 2.28. The molecule has 1 heterocycles. The number of nitrogens with zero attached hydrogens (tertiary/aromatic N) is 2. The molecule has 1 aromatic rings. The topological polar surface area (TPSA) is 42.2 Å². The largest absolute Gasteiger partial charge is 0.351 e. The van der Waals surface area contributed by atoms with E-state index in [1.165, 1.54) is 10.6 Å². The summed E-state index contributed by atoms with van der Waals surface area (Å²) in [6.07, 6.45) is 2.16. The van der Waals surface area contributed by atoms with Gasteiger partial charge in [-0.3, -0.25) is 0 Å². The van der Waals surface area contributed by atoms with E-state index in [0.29, 0.717) is 6.54 Å². The summed E-state index contributed by atoms with van der Waals surface area (Å²) in [6, 6.07) is 0. The molecule has 4 heteroatoms. The molecule has 17 heavy (non-hydrogen) atoms. The zero-order chi connectivity index (χ0) is 13.1. The molecular formula is C13H25N3S. The van der Waals surface area contributed by atoms with Gasteiger partial charge in [0.25, 0.3) is 0 Å². The Bertz CT molecular complexity index is 352. The molecule has 0 aliphatic rings. The fraction of sp³-hybridized carbons (Fsp3) is 0.769. The maximum Gasteiger partial charge on any atom is 0.185 e. The summed E-state index contributed by atoms with van der Waals surface area (Å²) in [5.74, 6) is 0. The average Bonchev–Trinajstić information content (AvgIpc) is 2.59. The van der Waals surface area contributed by atoms with Crippen molar-refractivity contribution in [3.05, 3.63) is 10.6 Å². The van der Waals surface area contributed by atoms with Crippen molar-refractivity contribution in [2.24, 2.45) is 11.1 Å². The number of aryl methyl sites for hydroxylation is 1. The second-order valence-corrected chi connectivity index (χ2v) is 6.80. The first-order valence-electron chi connectivity index (χ1n) is 6.27. The minimum Gasteiger partial charge on any atom is -0.351 e. The molecule has 0 aliphatic carbocycles. The van der Waals surface area contributed by atoms with Crippen LogP contribution in [0.3, 0.4) is 0 Å². The molecule has 0 atom stereocenters. The van der Waals surface area contributed by atoms with Crippen LogP contribution in [0.5, 0.6) is 0 Å². The predicted molar refractivity (Wildman–Crippen MR) is 76.7 cm³/mol. The Morgan fingerprint density at radius 3 is 2.47 bits per heavy atom. The van der Waals surface area contributed by atoms with Gasteiger partial charge in [0.1, 0.15) is 0 Å². The molecule has 0 fully saturated rings. The molecule has 0 saturated heterocycles. The Labute approximate surface area is 109 Å². The van der Waals surface area contributed by atoms with Crippen LogP contribution in [0.4, 0.5) is 5.13 Å². The predicted octanol–water partition coefficient (Wildman–Crippen LogP) is 3.04. The van der Waals surface area contributed by atoms with Crippen molar-refractivity contribution in [2.75, 3.05) is 18.5 Å². The molecule has 3 nitrogen and oxygen atoms in total. The summed E-state index contributed by atoms with van der Waals surface area (Å²) in [5, 5.41) is 1.10. The highest BCUT2D eigenvalue weighted by Gasteiger charge is 2.18. The van der Waals surface area contributed by atoms with Gasteiger partial charge < -0.3 is 10.6 Å². The molecule has 0 amide bonds. The minimum absolute atomic E-state index is 0.286. The lowest BCUT2D eigenvalue weighted by atomic mass is 9.96. The van der Waals surface area contributed by atoms with E-state index in [0.717, 1.165) is 24.5 Å². The van der Waals surface area contributed by atoms with E-state index in [-0.39, 0.29) is 5.41 Å². The zero-order valence-corrected chi connectivity index (χ0v) is 12.5. The fourth-order valence-corrected chi connectivity index (χ4v) is 2.85. The Hall–Kier alpha value is -0.610. The second-order valence-electron chi connectivity index (χ2n) is 5.74. The Morgan fingerprint density at radius 2 is 2.00 bits per heavy atom. The van der Waals surface area contributed by atoms with E-state index >= 15 is 0 Å². The third kappa shape index (κ3) is 4.28. The van der Waals surface area contributed by atoms with Crippen LogP contribution >= 0.6 is 11.3 Å². The summed E-state index contributed by atoms with van der Waals surface area (Å²) in [7, 11) is 2.11. The number of nitrogens with two attached hydrogens (primary N) is 1. The first-order chi connectivity index (χ1) is 7.87. The molecule has 0 unspecified atom stereocenters. The van der Waals surface area contributed by atoms with E-state index in [1.807, 2.05) is 0 Å². The lowest BCUT2D eigenvalue weighted by molar-refractivity contribution is 0.418. The van der Waals surface area contributed by atoms with Gasteiger partial charge in [-0.25, -0.2) is 4.98 Å². The highest BCUT2D eigenvalue weighted by molar-refractivity contribution is 7.15. The van der Waals surface area contributed by atoms with Gasteiger partial charge in [0.2, 0.25) is 0 Å². The molecule has 0 radical (unpaired) electrons. The summed E-state index contributed by atoms with van der Waals surface area (Å²) in [5.41, 5.74) is 7.25. The van der Waals surface area contributed by atoms with Crippen LogP contribution in [0.1, 0.15) is 44.7 Å². The smallest absolute Gasteiger partial charge is 0.185 e. The molecule has 0 saturated carbocycles. The Kier molecular flexibility index (Phi) is 4.95. The van der Waals surface area contributed by atoms with E-state index in [2.05, 4.69) is 39.6 Å². The van der Waals surface area contributed by atoms with Gasteiger partial charge in [-0.15, -0.1) is 11.3 Å². The molecule has 98 valence electrons. The minimum atomic E-state index is 0.286. The summed E-state index contributed by atoms with van der Waals surface area (Å²) in [6.45, 7) is 10.5. The van der Waals surface area contributed by atoms with Gasteiger partial charge in [0.05, 0.1) is 5.69 Å². The molecule has 0 aromatic carbocycles. The molecule has 0 aliphatic heterocycles. The van der Waals surface area contributed by atoms with Crippen LogP contribution in [0.25, 0.3) is 0 Å². The van der Waals surface area contributed by atoms with Crippen LogP contribution in [0.2, 0.25) is 0 Å². The summed E-state index contributed by atoms with van der Waals surface area (Å²) < 4.78 is 0. The van der Waals surface area contributed by atoms with Gasteiger partial charge >= 0.3 is 0 Å². The molecule has 1 rings (SSSR count). The molecule has 2 N–H and O–H groups in total. The van der Waals surface area contributed by atoms with Crippen LogP contribution in [-0.4, -0.2) is 18.6 Å². The normalized spacial score (nSPS) is 11.9.